The SMILES string of the molecule is COc1ccc(CCC(=O)N2CCCC2C(=O)NCC(F)(F)F)cc1. The van der Waals surface area contributed by atoms with Gasteiger partial charge in [-0.3, -0.25) is 9.59 Å². The van der Waals surface area contributed by atoms with Gasteiger partial charge in [0.15, 0.2) is 0 Å². The summed E-state index contributed by atoms with van der Waals surface area (Å²) in [4.78, 5) is 25.7. The van der Waals surface area contributed by atoms with Crippen molar-refractivity contribution >= 4 is 11.8 Å². The topological polar surface area (TPSA) is 58.6 Å². The standard InChI is InChI=1S/C17H21F3N2O3/c1-25-13-7-4-12(5-8-13)6-9-15(23)22-10-2-3-14(22)16(24)21-11-17(18,19)20/h4-5,7-8,14H,2-3,6,9-11H2,1H3,(H,21,24). The minimum absolute atomic E-state index is 0.204. The lowest BCUT2D eigenvalue weighted by molar-refractivity contribution is -0.144. The van der Waals surface area contributed by atoms with Crippen molar-refractivity contribution in [3.8, 4) is 5.75 Å². The molecular weight excluding hydrogens is 337 g/mol. The van der Waals surface area contributed by atoms with Crippen LogP contribution in [0.1, 0.15) is 24.8 Å². The van der Waals surface area contributed by atoms with Gasteiger partial charge in [0.1, 0.15) is 18.3 Å². The number of methoxy groups -OCH3 is 1. The van der Waals surface area contributed by atoms with Crippen LogP contribution in [0, 0.1) is 0 Å². The van der Waals surface area contributed by atoms with Crippen LogP contribution in [0.25, 0.3) is 0 Å². The molecule has 1 fully saturated rings. The fourth-order valence-corrected chi connectivity index (χ4v) is 2.83. The van der Waals surface area contributed by atoms with Gasteiger partial charge in [-0.15, -0.1) is 0 Å². The number of aryl methyl sites for hydroxylation is 1. The molecule has 1 aliphatic rings. The average molecular weight is 358 g/mol. The summed E-state index contributed by atoms with van der Waals surface area (Å²) in [7, 11) is 1.57. The number of hydrogen-bond acceptors (Lipinski definition) is 3. The molecule has 1 unspecified atom stereocenters. The number of hydrogen-bond donors (Lipinski definition) is 1. The van der Waals surface area contributed by atoms with Gasteiger partial charge in [-0.2, -0.15) is 13.2 Å². The van der Waals surface area contributed by atoms with E-state index in [4.69, 9.17) is 4.74 Å². The first-order valence-corrected chi connectivity index (χ1v) is 8.07. The maximum absolute atomic E-state index is 12.4. The fraction of sp³-hybridized carbons (Fsp3) is 0.529. The molecule has 1 aromatic carbocycles. The smallest absolute Gasteiger partial charge is 0.405 e. The summed E-state index contributed by atoms with van der Waals surface area (Å²) in [5, 5.41) is 1.86. The molecule has 1 heterocycles. The lowest BCUT2D eigenvalue weighted by Crippen LogP contribution is -2.48. The van der Waals surface area contributed by atoms with Gasteiger partial charge in [-0.1, -0.05) is 12.1 Å². The van der Waals surface area contributed by atoms with Crippen LogP contribution in [0.5, 0.6) is 5.75 Å². The highest BCUT2D eigenvalue weighted by Gasteiger charge is 2.36. The number of carbonyl (C=O) groups excluding carboxylic acids is 2. The minimum atomic E-state index is -4.46. The van der Waals surface area contributed by atoms with Gasteiger partial charge in [0, 0.05) is 13.0 Å². The molecule has 1 atom stereocenters. The minimum Gasteiger partial charge on any atom is -0.497 e. The Morgan fingerprint density at radius 1 is 1.28 bits per heavy atom. The molecule has 1 saturated heterocycles. The average Bonchev–Trinajstić information content (AvgIpc) is 3.07. The Labute approximate surface area is 144 Å². The summed E-state index contributed by atoms with van der Waals surface area (Å²) in [6.45, 7) is -0.984. The monoisotopic (exact) mass is 358 g/mol. The van der Waals surface area contributed by atoms with Gasteiger partial charge in [0.2, 0.25) is 11.8 Å². The Morgan fingerprint density at radius 2 is 1.96 bits per heavy atom. The molecule has 1 aliphatic heterocycles. The molecule has 0 aromatic heterocycles. The van der Waals surface area contributed by atoms with Crippen molar-refractivity contribution in [3.63, 3.8) is 0 Å². The lowest BCUT2D eigenvalue weighted by atomic mass is 10.1. The molecule has 0 spiro atoms. The number of amides is 2. The Morgan fingerprint density at radius 3 is 2.56 bits per heavy atom. The van der Waals surface area contributed by atoms with Crippen LogP contribution in [0.15, 0.2) is 24.3 Å². The number of halogens is 3. The Balaban J connectivity index is 1.87. The molecule has 2 amide bonds. The van der Waals surface area contributed by atoms with Gasteiger partial charge in [-0.25, -0.2) is 0 Å². The Bertz CT molecular complexity index is 602. The van der Waals surface area contributed by atoms with E-state index >= 15 is 0 Å². The lowest BCUT2D eigenvalue weighted by Gasteiger charge is -2.24. The van der Waals surface area contributed by atoms with Crippen molar-refractivity contribution in [1.82, 2.24) is 10.2 Å². The first kappa shape index (κ1) is 19.1. The number of carbonyl (C=O) groups is 2. The predicted molar refractivity (Wildman–Crippen MR) is 85.1 cm³/mol. The first-order valence-electron chi connectivity index (χ1n) is 8.07. The first-order chi connectivity index (χ1) is 11.8. The normalized spacial score (nSPS) is 17.4. The van der Waals surface area contributed by atoms with Gasteiger partial charge in [0.05, 0.1) is 7.11 Å². The van der Waals surface area contributed by atoms with Crippen molar-refractivity contribution in [3.05, 3.63) is 29.8 Å². The van der Waals surface area contributed by atoms with E-state index in [2.05, 4.69) is 0 Å². The van der Waals surface area contributed by atoms with E-state index in [1.54, 1.807) is 19.2 Å². The van der Waals surface area contributed by atoms with Crippen LogP contribution < -0.4 is 10.1 Å². The molecule has 25 heavy (non-hydrogen) atoms. The highest BCUT2D eigenvalue weighted by molar-refractivity contribution is 5.88. The van der Waals surface area contributed by atoms with Crippen LogP contribution in [0.4, 0.5) is 13.2 Å². The van der Waals surface area contributed by atoms with E-state index in [1.165, 1.54) is 4.90 Å². The van der Waals surface area contributed by atoms with E-state index in [9.17, 15) is 22.8 Å². The summed E-state index contributed by atoms with van der Waals surface area (Å²) >= 11 is 0. The number of rotatable bonds is 6. The van der Waals surface area contributed by atoms with E-state index in [1.807, 2.05) is 17.4 Å². The molecule has 0 bridgehead atoms. The highest BCUT2D eigenvalue weighted by Crippen LogP contribution is 2.20. The van der Waals surface area contributed by atoms with Crippen molar-refractivity contribution in [2.75, 3.05) is 20.2 Å². The summed E-state index contributed by atoms with van der Waals surface area (Å²) in [5.41, 5.74) is 0.950. The molecule has 8 heteroatoms. The third kappa shape index (κ3) is 5.65. The second kappa shape index (κ2) is 8.22. The van der Waals surface area contributed by atoms with Crippen LogP contribution >= 0.6 is 0 Å². The molecule has 5 nitrogen and oxygen atoms in total. The zero-order chi connectivity index (χ0) is 18.4. The van der Waals surface area contributed by atoms with Crippen LogP contribution in [0.3, 0.4) is 0 Å². The quantitative estimate of drug-likeness (QED) is 0.849. The van der Waals surface area contributed by atoms with Gasteiger partial charge in [-0.05, 0) is 37.0 Å². The summed E-state index contributed by atoms with van der Waals surface area (Å²) < 4.78 is 41.7. The van der Waals surface area contributed by atoms with Crippen molar-refractivity contribution in [2.45, 2.75) is 37.9 Å². The predicted octanol–water partition coefficient (Wildman–Crippen LogP) is 2.30. The Hall–Kier alpha value is -2.25. The number of benzene rings is 1. The molecule has 2 rings (SSSR count). The number of likely N-dealkylation sites (tertiary alicyclic amines) is 1. The van der Waals surface area contributed by atoms with Gasteiger partial charge < -0.3 is 15.0 Å². The van der Waals surface area contributed by atoms with Crippen LogP contribution in [-0.4, -0.2) is 49.1 Å². The second-order valence-electron chi connectivity index (χ2n) is 5.93. The molecule has 1 aromatic rings. The highest BCUT2D eigenvalue weighted by atomic mass is 19.4. The fourth-order valence-electron chi connectivity index (χ4n) is 2.83. The molecule has 0 radical (unpaired) electrons. The van der Waals surface area contributed by atoms with E-state index in [0.29, 0.717) is 25.8 Å². The van der Waals surface area contributed by atoms with E-state index < -0.39 is 24.7 Å². The zero-order valence-corrected chi connectivity index (χ0v) is 13.9. The van der Waals surface area contributed by atoms with Crippen LogP contribution in [0.2, 0.25) is 0 Å². The summed E-state index contributed by atoms with van der Waals surface area (Å²) in [5.74, 6) is -0.246. The molecule has 138 valence electrons. The van der Waals surface area contributed by atoms with E-state index in [0.717, 1.165) is 11.3 Å². The van der Waals surface area contributed by atoms with Crippen molar-refractivity contribution in [2.24, 2.45) is 0 Å². The van der Waals surface area contributed by atoms with Crippen LogP contribution in [-0.2, 0) is 16.0 Å². The third-order valence-corrected chi connectivity index (χ3v) is 4.13. The van der Waals surface area contributed by atoms with Gasteiger partial charge in [0.25, 0.3) is 0 Å². The maximum Gasteiger partial charge on any atom is 0.405 e. The largest absolute Gasteiger partial charge is 0.497 e. The molecule has 1 N–H and O–H groups in total. The zero-order valence-electron chi connectivity index (χ0n) is 13.9. The van der Waals surface area contributed by atoms with Crippen molar-refractivity contribution in [1.29, 1.82) is 0 Å². The van der Waals surface area contributed by atoms with E-state index in [-0.39, 0.29) is 12.3 Å². The molecule has 0 saturated carbocycles. The Kier molecular flexibility index (Phi) is 6.27. The second-order valence-corrected chi connectivity index (χ2v) is 5.93. The number of ether oxygens (including phenoxy) is 1. The van der Waals surface area contributed by atoms with Gasteiger partial charge >= 0.3 is 6.18 Å². The number of alkyl halides is 3. The summed E-state index contributed by atoms with van der Waals surface area (Å²) in [6, 6.07) is 6.48. The molecule has 0 aliphatic carbocycles. The summed E-state index contributed by atoms with van der Waals surface area (Å²) in [6.07, 6.45) is -2.76. The van der Waals surface area contributed by atoms with Crippen molar-refractivity contribution < 1.29 is 27.5 Å². The number of nitrogens with zero attached hydrogens (tertiary/aromatic N) is 1. The maximum atomic E-state index is 12.4. The number of nitrogens with one attached hydrogen (secondary N) is 1. The third-order valence-electron chi connectivity index (χ3n) is 4.13. The molecular formula is C17H21F3N2O3.